The van der Waals surface area contributed by atoms with Crippen molar-refractivity contribution in [1.82, 2.24) is 19.7 Å². The van der Waals surface area contributed by atoms with E-state index in [1.807, 2.05) is 0 Å². The number of carbonyl (C=O) groups excluding carboxylic acids is 1. The lowest BCUT2D eigenvalue weighted by Gasteiger charge is -2.07. The molecule has 0 saturated heterocycles. The highest BCUT2D eigenvalue weighted by atomic mass is 32.2. The maximum Gasteiger partial charge on any atom is 0.272 e. The zero-order valence-corrected chi connectivity index (χ0v) is 17.2. The monoisotopic (exact) mass is 431 g/mol. The number of aromatic amines is 2. The number of aryl methyl sites for hydroxylation is 1. The minimum atomic E-state index is -3.75. The number of sulfonamides is 1. The molecule has 0 bridgehead atoms. The molecule has 0 aliphatic carbocycles. The number of hydrogen-bond donors (Lipinski definition) is 4. The highest BCUT2D eigenvalue weighted by molar-refractivity contribution is 7.89. The van der Waals surface area contributed by atoms with Gasteiger partial charge >= 0.3 is 0 Å². The molecule has 0 aliphatic heterocycles. The van der Waals surface area contributed by atoms with Gasteiger partial charge in [-0.05, 0) is 25.1 Å². The molecule has 0 atom stereocenters. The van der Waals surface area contributed by atoms with Crippen molar-refractivity contribution in [1.29, 1.82) is 0 Å². The Kier molecular flexibility index (Phi) is 6.45. The van der Waals surface area contributed by atoms with Crippen LogP contribution in [0.3, 0.4) is 0 Å². The Hall–Kier alpha value is -3.28. The molecule has 3 aromatic rings. The van der Waals surface area contributed by atoms with Gasteiger partial charge in [0.25, 0.3) is 11.5 Å². The van der Waals surface area contributed by atoms with E-state index in [1.54, 1.807) is 31.2 Å². The van der Waals surface area contributed by atoms with Gasteiger partial charge in [-0.3, -0.25) is 9.59 Å². The quantitative estimate of drug-likeness (QED) is 0.395. The van der Waals surface area contributed by atoms with Crippen molar-refractivity contribution in [2.45, 2.75) is 11.8 Å². The van der Waals surface area contributed by atoms with Gasteiger partial charge in [-0.1, -0.05) is 12.1 Å². The van der Waals surface area contributed by atoms with Crippen LogP contribution in [0.4, 0.5) is 5.69 Å². The number of anilines is 1. The van der Waals surface area contributed by atoms with E-state index in [-0.39, 0.29) is 29.3 Å². The highest BCUT2D eigenvalue weighted by Gasteiger charge is 2.18. The van der Waals surface area contributed by atoms with Crippen LogP contribution in [0.15, 0.2) is 52.3 Å². The van der Waals surface area contributed by atoms with Crippen molar-refractivity contribution in [2.24, 2.45) is 0 Å². The zero-order valence-electron chi connectivity index (χ0n) is 16.4. The van der Waals surface area contributed by atoms with E-state index < -0.39 is 15.9 Å². The van der Waals surface area contributed by atoms with Crippen LogP contribution < -0.4 is 15.6 Å². The Bertz CT molecular complexity index is 1220. The van der Waals surface area contributed by atoms with Crippen molar-refractivity contribution < 1.29 is 17.9 Å². The SMILES string of the molecule is COCCNS(=O)(=O)c1c[nH]c(C(=O)Nc2cccc(-c3nc(C)cc(=O)[nH]3)c2)c1. The molecular weight excluding hydrogens is 410 g/mol. The predicted molar refractivity (Wildman–Crippen MR) is 111 cm³/mol. The summed E-state index contributed by atoms with van der Waals surface area (Å²) < 4.78 is 31.6. The Morgan fingerprint density at radius 2 is 2.03 bits per heavy atom. The Morgan fingerprint density at radius 1 is 1.23 bits per heavy atom. The number of nitrogens with zero attached hydrogens (tertiary/aromatic N) is 1. The second-order valence-electron chi connectivity index (χ2n) is 6.41. The van der Waals surface area contributed by atoms with E-state index >= 15 is 0 Å². The fraction of sp³-hybridized carbons (Fsp3) is 0.211. The van der Waals surface area contributed by atoms with Crippen molar-refractivity contribution in [3.05, 3.63) is 64.3 Å². The zero-order chi connectivity index (χ0) is 21.7. The summed E-state index contributed by atoms with van der Waals surface area (Å²) in [6, 6.07) is 9.41. The lowest BCUT2D eigenvalue weighted by atomic mass is 10.2. The minimum Gasteiger partial charge on any atom is -0.383 e. The summed E-state index contributed by atoms with van der Waals surface area (Å²) in [6.45, 7) is 2.06. The maximum absolute atomic E-state index is 12.5. The molecule has 2 aromatic heterocycles. The average Bonchev–Trinajstić information content (AvgIpc) is 3.19. The Labute approximate surface area is 172 Å². The fourth-order valence-corrected chi connectivity index (χ4v) is 3.69. The van der Waals surface area contributed by atoms with Gasteiger partial charge in [0.1, 0.15) is 16.4 Å². The third-order valence-corrected chi connectivity index (χ3v) is 5.51. The number of benzene rings is 1. The minimum absolute atomic E-state index is 0.0564. The predicted octanol–water partition coefficient (Wildman–Crippen LogP) is 1.25. The molecule has 0 fully saturated rings. The average molecular weight is 431 g/mol. The van der Waals surface area contributed by atoms with Gasteiger partial charge in [-0.15, -0.1) is 0 Å². The van der Waals surface area contributed by atoms with Crippen LogP contribution in [0.5, 0.6) is 0 Å². The van der Waals surface area contributed by atoms with Gasteiger partial charge in [-0.25, -0.2) is 18.1 Å². The molecule has 10 nitrogen and oxygen atoms in total. The van der Waals surface area contributed by atoms with Crippen molar-refractivity contribution >= 4 is 21.6 Å². The first kappa shape index (κ1) is 21.4. The van der Waals surface area contributed by atoms with Crippen molar-refractivity contribution in [2.75, 3.05) is 25.6 Å². The molecule has 0 spiro atoms. The van der Waals surface area contributed by atoms with Gasteiger partial charge in [0, 0.05) is 42.9 Å². The largest absolute Gasteiger partial charge is 0.383 e. The summed E-state index contributed by atoms with van der Waals surface area (Å²) in [5.41, 5.74) is 1.45. The molecule has 2 heterocycles. The van der Waals surface area contributed by atoms with Crippen LogP contribution in [-0.4, -0.2) is 49.5 Å². The molecular formula is C19H21N5O5S. The molecule has 158 valence electrons. The summed E-state index contributed by atoms with van der Waals surface area (Å²) in [6.07, 6.45) is 1.24. The van der Waals surface area contributed by atoms with Crippen molar-refractivity contribution in [3.8, 4) is 11.4 Å². The molecule has 4 N–H and O–H groups in total. The number of H-pyrrole nitrogens is 2. The summed E-state index contributed by atoms with van der Waals surface area (Å²) in [7, 11) is -2.29. The molecule has 30 heavy (non-hydrogen) atoms. The second-order valence-corrected chi connectivity index (χ2v) is 8.18. The normalized spacial score (nSPS) is 11.4. The Morgan fingerprint density at radius 3 is 2.77 bits per heavy atom. The fourth-order valence-electron chi connectivity index (χ4n) is 2.68. The van der Waals surface area contributed by atoms with Gasteiger partial charge in [0.2, 0.25) is 10.0 Å². The molecule has 1 amide bonds. The first-order chi connectivity index (χ1) is 14.3. The van der Waals surface area contributed by atoms with Crippen molar-refractivity contribution in [3.63, 3.8) is 0 Å². The maximum atomic E-state index is 12.5. The number of amides is 1. The van der Waals surface area contributed by atoms with Gasteiger partial charge < -0.3 is 20.0 Å². The van der Waals surface area contributed by atoms with E-state index in [4.69, 9.17) is 4.74 Å². The number of hydrogen-bond acceptors (Lipinski definition) is 6. The van der Waals surface area contributed by atoms with E-state index in [0.29, 0.717) is 22.8 Å². The lowest BCUT2D eigenvalue weighted by molar-refractivity contribution is 0.102. The van der Waals surface area contributed by atoms with E-state index in [9.17, 15) is 18.0 Å². The lowest BCUT2D eigenvalue weighted by Crippen LogP contribution is -2.26. The van der Waals surface area contributed by atoms with E-state index in [1.165, 1.54) is 25.4 Å². The standard InChI is InChI=1S/C19H21N5O5S/c1-12-8-17(25)24-18(22-12)13-4-3-5-14(9-13)23-19(26)16-10-15(11-20-16)30(27,28)21-6-7-29-2/h3-5,8-11,20-21H,6-7H2,1-2H3,(H,23,26)(H,22,24,25). The van der Waals surface area contributed by atoms with Crippen LogP contribution in [0.1, 0.15) is 16.2 Å². The van der Waals surface area contributed by atoms with Crippen LogP contribution >= 0.6 is 0 Å². The third kappa shape index (κ3) is 5.20. The van der Waals surface area contributed by atoms with Crippen LogP contribution in [0.2, 0.25) is 0 Å². The Balaban J connectivity index is 1.76. The summed E-state index contributed by atoms with van der Waals surface area (Å²) in [4.78, 5) is 33.7. The number of nitrogens with one attached hydrogen (secondary N) is 4. The van der Waals surface area contributed by atoms with Gasteiger partial charge in [0.05, 0.1) is 6.61 Å². The molecule has 11 heteroatoms. The van der Waals surface area contributed by atoms with Gasteiger partial charge in [0.15, 0.2) is 0 Å². The molecule has 0 saturated carbocycles. The molecule has 3 rings (SSSR count). The van der Waals surface area contributed by atoms with Gasteiger partial charge in [-0.2, -0.15) is 0 Å². The third-order valence-electron chi connectivity index (χ3n) is 4.07. The van der Waals surface area contributed by atoms with E-state index in [2.05, 4.69) is 25.0 Å². The summed E-state index contributed by atoms with van der Waals surface area (Å²) in [5.74, 6) is -0.136. The first-order valence-electron chi connectivity index (χ1n) is 8.95. The van der Waals surface area contributed by atoms with Crippen LogP contribution in [0.25, 0.3) is 11.4 Å². The molecule has 0 aliphatic rings. The van der Waals surface area contributed by atoms with Crippen LogP contribution in [0, 0.1) is 6.92 Å². The topological polar surface area (TPSA) is 146 Å². The number of methoxy groups -OCH3 is 1. The highest BCUT2D eigenvalue weighted by Crippen LogP contribution is 2.20. The van der Waals surface area contributed by atoms with E-state index in [0.717, 1.165) is 0 Å². The van der Waals surface area contributed by atoms with Crippen LogP contribution in [-0.2, 0) is 14.8 Å². The smallest absolute Gasteiger partial charge is 0.272 e. The second kappa shape index (κ2) is 9.03. The number of ether oxygens (including phenoxy) is 1. The number of rotatable bonds is 8. The first-order valence-corrected chi connectivity index (χ1v) is 10.4. The summed E-state index contributed by atoms with van der Waals surface area (Å²) in [5, 5.41) is 2.69. The summed E-state index contributed by atoms with van der Waals surface area (Å²) >= 11 is 0. The molecule has 0 radical (unpaired) electrons. The number of aromatic nitrogens is 3. The molecule has 0 unspecified atom stereocenters. The molecule has 1 aromatic carbocycles. The number of carbonyl (C=O) groups is 1.